The molecule has 1 N–H and O–H groups in total. The lowest BCUT2D eigenvalue weighted by molar-refractivity contribution is 0.604. The molecule has 0 bridgehead atoms. The third-order valence-electron chi connectivity index (χ3n) is 3.77. The van der Waals surface area contributed by atoms with Crippen LogP contribution in [0.25, 0.3) is 22.4 Å². The van der Waals surface area contributed by atoms with E-state index in [1.807, 2.05) is 13.8 Å². The summed E-state index contributed by atoms with van der Waals surface area (Å²) in [4.78, 5) is 20.6. The molecule has 0 aliphatic carbocycles. The van der Waals surface area contributed by atoms with Gasteiger partial charge in [-0.3, -0.25) is 9.48 Å². The van der Waals surface area contributed by atoms with E-state index in [4.69, 9.17) is 0 Å². The van der Waals surface area contributed by atoms with Gasteiger partial charge in [-0.05, 0) is 19.4 Å². The highest BCUT2D eigenvalue weighted by molar-refractivity contribution is 7.92. The lowest BCUT2D eigenvalue weighted by Crippen LogP contribution is -2.12. The van der Waals surface area contributed by atoms with Crippen LogP contribution in [-0.4, -0.2) is 34.4 Å². The maximum absolute atomic E-state index is 12.5. The molecule has 0 aliphatic heterocycles. The van der Waals surface area contributed by atoms with Gasteiger partial charge < -0.3 is 4.98 Å². The summed E-state index contributed by atoms with van der Waals surface area (Å²) in [6.45, 7) is 3.85. The molecule has 0 fully saturated rings. The van der Waals surface area contributed by atoms with E-state index in [1.54, 1.807) is 17.8 Å². The van der Waals surface area contributed by atoms with E-state index in [0.717, 1.165) is 23.4 Å². The zero-order valence-corrected chi connectivity index (χ0v) is 15.5. The number of aromatic nitrogens is 4. The second-order valence-corrected chi connectivity index (χ2v) is 9.24. The predicted molar refractivity (Wildman–Crippen MR) is 94.3 cm³/mol. The molecule has 0 unspecified atom stereocenters. The Balaban J connectivity index is 2.27. The Labute approximate surface area is 143 Å². The quantitative estimate of drug-likeness (QED) is 0.762. The van der Waals surface area contributed by atoms with Crippen LogP contribution in [0.2, 0.25) is 0 Å². The van der Waals surface area contributed by atoms with Crippen molar-refractivity contribution in [1.29, 1.82) is 0 Å². The fourth-order valence-electron chi connectivity index (χ4n) is 2.65. The number of nitrogens with zero attached hydrogens (tertiary/aromatic N) is 3. The van der Waals surface area contributed by atoms with Crippen molar-refractivity contribution in [2.75, 3.05) is 6.26 Å². The second kappa shape index (κ2) is 5.82. The number of H-pyrrole nitrogens is 1. The number of hydrogen-bond donors (Lipinski definition) is 1. The Kier molecular flexibility index (Phi) is 4.08. The first-order valence-electron chi connectivity index (χ1n) is 7.49. The van der Waals surface area contributed by atoms with Gasteiger partial charge in [0, 0.05) is 23.7 Å². The van der Waals surface area contributed by atoms with E-state index >= 15 is 0 Å². The maximum atomic E-state index is 12.5. The summed E-state index contributed by atoms with van der Waals surface area (Å²) in [5.41, 5.74) is 2.13. The fraction of sp³-hybridized carbons (Fsp3) is 0.400. The van der Waals surface area contributed by atoms with Crippen molar-refractivity contribution in [2.45, 2.75) is 30.9 Å². The van der Waals surface area contributed by atoms with Gasteiger partial charge in [-0.25, -0.2) is 13.4 Å². The van der Waals surface area contributed by atoms with Crippen LogP contribution in [0.5, 0.6) is 0 Å². The molecule has 0 atom stereocenters. The van der Waals surface area contributed by atoms with Gasteiger partial charge in [-0.1, -0.05) is 13.3 Å². The summed E-state index contributed by atoms with van der Waals surface area (Å²) in [5.74, 6) is 0.376. The van der Waals surface area contributed by atoms with Crippen LogP contribution in [-0.2, 0) is 23.3 Å². The number of aromatic amines is 1. The van der Waals surface area contributed by atoms with Crippen molar-refractivity contribution in [2.24, 2.45) is 7.05 Å². The number of nitrogens with one attached hydrogen (secondary N) is 1. The maximum Gasteiger partial charge on any atom is 0.277 e. The molecule has 7 nitrogen and oxygen atoms in total. The average molecular weight is 366 g/mol. The van der Waals surface area contributed by atoms with Crippen LogP contribution in [0.15, 0.2) is 15.1 Å². The molecule has 0 spiro atoms. The van der Waals surface area contributed by atoms with E-state index in [-0.39, 0.29) is 9.77 Å². The molecule has 3 aromatic heterocycles. The summed E-state index contributed by atoms with van der Waals surface area (Å²) in [6.07, 6.45) is 2.79. The number of fused-ring (bicyclic) bond motifs is 1. The summed E-state index contributed by atoms with van der Waals surface area (Å²) < 4.78 is 25.3. The monoisotopic (exact) mass is 366 g/mol. The second-order valence-electron chi connectivity index (χ2n) is 5.74. The van der Waals surface area contributed by atoms with Gasteiger partial charge in [0.1, 0.15) is 15.6 Å². The molecular formula is C15H18N4O3S2. The van der Waals surface area contributed by atoms with Crippen molar-refractivity contribution in [3.63, 3.8) is 0 Å². The molecule has 0 aliphatic rings. The molecule has 0 saturated heterocycles. The van der Waals surface area contributed by atoms with Crippen LogP contribution in [0, 0.1) is 6.92 Å². The zero-order valence-electron chi connectivity index (χ0n) is 13.9. The van der Waals surface area contributed by atoms with E-state index in [1.165, 1.54) is 17.6 Å². The molecule has 0 saturated carbocycles. The molecule has 24 heavy (non-hydrogen) atoms. The average Bonchev–Trinajstić information content (AvgIpc) is 3.01. The summed E-state index contributed by atoms with van der Waals surface area (Å²) in [5, 5.41) is 4.38. The largest absolute Gasteiger partial charge is 0.305 e. The van der Waals surface area contributed by atoms with Crippen LogP contribution in [0.3, 0.4) is 0 Å². The first-order valence-corrected chi connectivity index (χ1v) is 10.2. The summed E-state index contributed by atoms with van der Waals surface area (Å²) in [6, 6.07) is 1.56. The van der Waals surface area contributed by atoms with Crippen molar-refractivity contribution in [3.05, 3.63) is 27.0 Å². The van der Waals surface area contributed by atoms with Crippen molar-refractivity contribution < 1.29 is 8.42 Å². The molecule has 0 aromatic carbocycles. The molecule has 0 amide bonds. The minimum atomic E-state index is -3.30. The molecule has 128 valence electrons. The van der Waals surface area contributed by atoms with E-state index in [9.17, 15) is 13.2 Å². The first-order chi connectivity index (χ1) is 11.2. The van der Waals surface area contributed by atoms with Crippen LogP contribution in [0.1, 0.15) is 23.9 Å². The van der Waals surface area contributed by atoms with E-state index in [0.29, 0.717) is 22.4 Å². The van der Waals surface area contributed by atoms with Crippen molar-refractivity contribution >= 4 is 32.2 Å². The highest BCUT2D eigenvalue weighted by Crippen LogP contribution is 2.32. The van der Waals surface area contributed by atoms with E-state index < -0.39 is 9.84 Å². The number of thiophene rings is 1. The van der Waals surface area contributed by atoms with Gasteiger partial charge in [-0.2, -0.15) is 5.10 Å². The first kappa shape index (κ1) is 16.8. The molecule has 3 heterocycles. The summed E-state index contributed by atoms with van der Waals surface area (Å²) >= 11 is 1.18. The number of aryl methyl sites for hydroxylation is 3. The highest BCUT2D eigenvalue weighted by atomic mass is 32.2. The predicted octanol–water partition coefficient (Wildman–Crippen LogP) is 2.05. The Hall–Kier alpha value is -2.00. The lowest BCUT2D eigenvalue weighted by Gasteiger charge is -2.01. The number of hydrogen-bond acceptors (Lipinski definition) is 6. The van der Waals surface area contributed by atoms with Crippen molar-refractivity contribution in [3.8, 4) is 11.4 Å². The van der Waals surface area contributed by atoms with Crippen molar-refractivity contribution in [1.82, 2.24) is 19.7 Å². The minimum Gasteiger partial charge on any atom is -0.305 e. The number of sulfone groups is 1. The zero-order chi connectivity index (χ0) is 17.6. The standard InChI is InChI=1S/C15H18N4O3S2/c1-5-6-10-12-13(19(3)18-10)15(20)17-14(16-12)9-7-11(23-8(9)2)24(4,21)22/h7H,5-6H2,1-4H3,(H,16,17,20). The molecular weight excluding hydrogens is 348 g/mol. The van der Waals surface area contributed by atoms with Gasteiger partial charge in [0.05, 0.1) is 5.69 Å². The van der Waals surface area contributed by atoms with Gasteiger partial charge in [-0.15, -0.1) is 11.3 Å². The topological polar surface area (TPSA) is 97.7 Å². The Morgan fingerprint density at radius 1 is 1.38 bits per heavy atom. The number of rotatable bonds is 4. The SMILES string of the molecule is CCCc1nn(C)c2c(=O)[nH]c(-c3cc(S(C)(=O)=O)sc3C)nc12. The Bertz CT molecular complexity index is 1090. The van der Waals surface area contributed by atoms with Crippen LogP contribution in [0.4, 0.5) is 0 Å². The van der Waals surface area contributed by atoms with Crippen LogP contribution < -0.4 is 5.56 Å². The van der Waals surface area contributed by atoms with Crippen LogP contribution >= 0.6 is 11.3 Å². The van der Waals surface area contributed by atoms with Gasteiger partial charge in [0.25, 0.3) is 5.56 Å². The third kappa shape index (κ3) is 2.78. The lowest BCUT2D eigenvalue weighted by atomic mass is 10.2. The molecule has 3 aromatic rings. The van der Waals surface area contributed by atoms with Gasteiger partial charge >= 0.3 is 0 Å². The normalized spacial score (nSPS) is 12.2. The molecule has 9 heteroatoms. The Morgan fingerprint density at radius 3 is 2.67 bits per heavy atom. The molecule has 3 rings (SSSR count). The highest BCUT2D eigenvalue weighted by Gasteiger charge is 2.19. The van der Waals surface area contributed by atoms with Gasteiger partial charge in [0.15, 0.2) is 15.4 Å². The summed E-state index contributed by atoms with van der Waals surface area (Å²) in [7, 11) is -1.58. The fourth-order valence-corrected chi connectivity index (χ4v) is 4.71. The molecule has 0 radical (unpaired) electrons. The van der Waals surface area contributed by atoms with E-state index in [2.05, 4.69) is 15.1 Å². The smallest absolute Gasteiger partial charge is 0.277 e. The minimum absolute atomic E-state index is 0.262. The Morgan fingerprint density at radius 2 is 2.08 bits per heavy atom. The third-order valence-corrected chi connectivity index (χ3v) is 6.62. The van der Waals surface area contributed by atoms with Gasteiger partial charge in [0.2, 0.25) is 0 Å².